The number of amides is 1. The van der Waals surface area contributed by atoms with Crippen LogP contribution in [0, 0.1) is 5.92 Å². The van der Waals surface area contributed by atoms with E-state index in [0.29, 0.717) is 25.0 Å². The molecule has 0 unspecified atom stereocenters. The number of aromatic nitrogens is 1. The highest BCUT2D eigenvalue weighted by Crippen LogP contribution is 2.22. The number of sulfonamides is 1. The van der Waals surface area contributed by atoms with Gasteiger partial charge < -0.3 is 9.32 Å². The number of carbonyl (C=O) groups is 1. The number of oxazole rings is 1. The van der Waals surface area contributed by atoms with Crippen molar-refractivity contribution < 1.29 is 17.6 Å². The van der Waals surface area contributed by atoms with Crippen LogP contribution in [0.5, 0.6) is 0 Å². The summed E-state index contributed by atoms with van der Waals surface area (Å²) in [7, 11) is -2.46. The Morgan fingerprint density at radius 3 is 2.59 bits per heavy atom. The molecule has 4 rings (SSSR count). The first kappa shape index (κ1) is 22.3. The number of rotatable bonds is 6. The van der Waals surface area contributed by atoms with Gasteiger partial charge in [0.25, 0.3) is 0 Å². The second kappa shape index (κ2) is 8.55. The smallest absolute Gasteiger partial charge is 0.408 e. The predicted octanol–water partition coefficient (Wildman–Crippen LogP) is 2.41. The van der Waals surface area contributed by atoms with Crippen molar-refractivity contribution in [3.63, 3.8) is 0 Å². The van der Waals surface area contributed by atoms with Crippen molar-refractivity contribution in [2.45, 2.75) is 44.2 Å². The Hall–Kier alpha value is -2.91. The van der Waals surface area contributed by atoms with Crippen LogP contribution in [0.1, 0.15) is 31.4 Å². The number of carbonyl (C=O) groups excluding carboxylic acids is 1. The van der Waals surface area contributed by atoms with Crippen molar-refractivity contribution >= 4 is 27.0 Å². The number of hydrogen-bond donors (Lipinski definition) is 1. The van der Waals surface area contributed by atoms with E-state index in [4.69, 9.17) is 4.42 Å². The van der Waals surface area contributed by atoms with Gasteiger partial charge in [-0.15, -0.1) is 0 Å². The second-order valence-electron chi connectivity index (χ2n) is 8.64. The summed E-state index contributed by atoms with van der Waals surface area (Å²) in [5.74, 6) is -0.691. The van der Waals surface area contributed by atoms with Gasteiger partial charge in [0.1, 0.15) is 6.04 Å². The molecule has 0 saturated heterocycles. The van der Waals surface area contributed by atoms with Gasteiger partial charge in [0, 0.05) is 26.2 Å². The van der Waals surface area contributed by atoms with Crippen molar-refractivity contribution in [2.24, 2.45) is 13.0 Å². The van der Waals surface area contributed by atoms with Gasteiger partial charge in [0.05, 0.1) is 10.4 Å². The molecule has 0 spiro atoms. The van der Waals surface area contributed by atoms with E-state index in [2.05, 4.69) is 10.8 Å². The summed E-state index contributed by atoms with van der Waals surface area (Å²) in [5, 5.41) is 0. The number of hydrogen-bond acceptors (Lipinski definition) is 5. The molecular weight excluding hydrogens is 430 g/mol. The number of nitrogens with one attached hydrogen (secondary N) is 1. The molecule has 0 saturated carbocycles. The van der Waals surface area contributed by atoms with Crippen molar-refractivity contribution in [3.8, 4) is 0 Å². The van der Waals surface area contributed by atoms with E-state index in [-0.39, 0.29) is 22.3 Å². The van der Waals surface area contributed by atoms with E-state index >= 15 is 0 Å². The van der Waals surface area contributed by atoms with Gasteiger partial charge in [-0.3, -0.25) is 9.36 Å². The molecule has 8 nitrogen and oxygen atoms in total. The van der Waals surface area contributed by atoms with E-state index in [0.717, 1.165) is 12.0 Å². The van der Waals surface area contributed by atoms with Crippen molar-refractivity contribution in [2.75, 3.05) is 6.54 Å². The summed E-state index contributed by atoms with van der Waals surface area (Å²) < 4.78 is 35.3. The monoisotopic (exact) mass is 457 g/mol. The zero-order chi connectivity index (χ0) is 23.0. The molecule has 1 amide bonds. The van der Waals surface area contributed by atoms with Crippen LogP contribution in [0.15, 0.2) is 56.6 Å². The third-order valence-electron chi connectivity index (χ3n) is 5.82. The Morgan fingerprint density at radius 2 is 1.88 bits per heavy atom. The maximum atomic E-state index is 13.3. The highest BCUT2D eigenvalue weighted by molar-refractivity contribution is 7.89. The quantitative estimate of drug-likeness (QED) is 0.613. The van der Waals surface area contributed by atoms with Gasteiger partial charge in [0.2, 0.25) is 15.9 Å². The van der Waals surface area contributed by atoms with Crippen LogP contribution in [0.3, 0.4) is 0 Å². The third kappa shape index (κ3) is 4.35. The molecule has 2 heterocycles. The molecule has 1 atom stereocenters. The molecule has 170 valence electrons. The Bertz CT molecular complexity index is 1320. The SMILES string of the molecule is CC(C)C[C@H](NS(=O)(=O)c1ccc2c(c1)oc(=O)n2C)C(=O)N1CCc2ccccc2C1. The van der Waals surface area contributed by atoms with Gasteiger partial charge in [-0.05, 0) is 42.0 Å². The minimum Gasteiger partial charge on any atom is -0.408 e. The molecule has 2 aromatic carbocycles. The zero-order valence-electron chi connectivity index (χ0n) is 18.4. The lowest BCUT2D eigenvalue weighted by Crippen LogP contribution is -2.50. The lowest BCUT2D eigenvalue weighted by molar-refractivity contribution is -0.134. The fourth-order valence-electron chi connectivity index (χ4n) is 4.11. The van der Waals surface area contributed by atoms with Crippen molar-refractivity contribution in [1.29, 1.82) is 0 Å². The molecule has 32 heavy (non-hydrogen) atoms. The maximum Gasteiger partial charge on any atom is 0.419 e. The van der Waals surface area contributed by atoms with Crippen LogP contribution < -0.4 is 10.5 Å². The van der Waals surface area contributed by atoms with Gasteiger partial charge >= 0.3 is 5.76 Å². The van der Waals surface area contributed by atoms with E-state index in [9.17, 15) is 18.0 Å². The predicted molar refractivity (Wildman–Crippen MR) is 121 cm³/mol. The minimum atomic E-state index is -4.01. The van der Waals surface area contributed by atoms with E-state index < -0.39 is 21.8 Å². The first-order valence-electron chi connectivity index (χ1n) is 10.6. The van der Waals surface area contributed by atoms with Crippen molar-refractivity contribution in [1.82, 2.24) is 14.2 Å². The summed E-state index contributed by atoms with van der Waals surface area (Å²) >= 11 is 0. The third-order valence-corrected chi connectivity index (χ3v) is 7.29. The molecule has 3 aromatic rings. The summed E-state index contributed by atoms with van der Waals surface area (Å²) in [4.78, 5) is 26.7. The van der Waals surface area contributed by atoms with Gasteiger partial charge in [-0.1, -0.05) is 38.1 Å². The van der Waals surface area contributed by atoms with Gasteiger partial charge in [-0.2, -0.15) is 4.72 Å². The summed E-state index contributed by atoms with van der Waals surface area (Å²) in [6.07, 6.45) is 1.12. The highest BCUT2D eigenvalue weighted by Gasteiger charge is 2.31. The number of benzene rings is 2. The number of fused-ring (bicyclic) bond motifs is 2. The van der Waals surface area contributed by atoms with Crippen LogP contribution in [-0.2, 0) is 34.8 Å². The lowest BCUT2D eigenvalue weighted by atomic mass is 9.98. The van der Waals surface area contributed by atoms with Crippen LogP contribution in [0.2, 0.25) is 0 Å². The van der Waals surface area contributed by atoms with Crippen LogP contribution in [0.25, 0.3) is 11.1 Å². The molecule has 1 aliphatic heterocycles. The standard InChI is InChI=1S/C23H27N3O5S/c1-15(2)12-19(22(27)26-11-10-16-6-4-5-7-17(16)14-26)24-32(29,30)18-8-9-20-21(13-18)31-23(28)25(20)3/h4-9,13,15,19,24H,10-12,14H2,1-3H3/t19-/m0/s1. The van der Waals surface area contributed by atoms with Crippen molar-refractivity contribution in [3.05, 3.63) is 64.1 Å². The Kier molecular flexibility index (Phi) is 5.96. The Labute approximate surface area is 186 Å². The normalized spacial score (nSPS) is 15.2. The van der Waals surface area contributed by atoms with Crippen LogP contribution in [0.4, 0.5) is 0 Å². The molecule has 0 radical (unpaired) electrons. The molecule has 9 heteroatoms. The summed E-state index contributed by atoms with van der Waals surface area (Å²) in [5.41, 5.74) is 2.98. The first-order valence-corrected chi connectivity index (χ1v) is 12.1. The molecular formula is C23H27N3O5S. The second-order valence-corrected chi connectivity index (χ2v) is 10.4. The molecule has 1 aliphatic rings. The lowest BCUT2D eigenvalue weighted by Gasteiger charge is -2.32. The fourth-order valence-corrected chi connectivity index (χ4v) is 5.33. The number of nitrogens with zero attached hydrogens (tertiary/aromatic N) is 2. The highest BCUT2D eigenvalue weighted by atomic mass is 32.2. The molecule has 0 fully saturated rings. The Morgan fingerprint density at radius 1 is 1.16 bits per heavy atom. The average Bonchev–Trinajstić information content (AvgIpc) is 3.05. The fraction of sp³-hybridized carbons (Fsp3) is 0.391. The largest absolute Gasteiger partial charge is 0.419 e. The Balaban J connectivity index is 1.59. The summed E-state index contributed by atoms with van der Waals surface area (Å²) in [6.45, 7) is 4.91. The topological polar surface area (TPSA) is 102 Å². The average molecular weight is 458 g/mol. The number of aryl methyl sites for hydroxylation is 1. The van der Waals surface area contributed by atoms with Crippen LogP contribution >= 0.6 is 0 Å². The van der Waals surface area contributed by atoms with E-state index in [1.54, 1.807) is 11.9 Å². The maximum absolute atomic E-state index is 13.3. The minimum absolute atomic E-state index is 0.0510. The van der Waals surface area contributed by atoms with E-state index in [1.165, 1.54) is 28.3 Å². The molecule has 1 aromatic heterocycles. The zero-order valence-corrected chi connectivity index (χ0v) is 19.2. The first-order chi connectivity index (χ1) is 15.2. The summed E-state index contributed by atoms with van der Waals surface area (Å²) in [6, 6.07) is 11.3. The molecule has 1 N–H and O–H groups in total. The van der Waals surface area contributed by atoms with E-state index in [1.807, 2.05) is 32.0 Å². The van der Waals surface area contributed by atoms with Gasteiger partial charge in [-0.25, -0.2) is 13.2 Å². The van der Waals surface area contributed by atoms with Crippen LogP contribution in [-0.4, -0.2) is 36.4 Å². The molecule has 0 bridgehead atoms. The molecule has 0 aliphatic carbocycles. The van der Waals surface area contributed by atoms with Gasteiger partial charge in [0.15, 0.2) is 5.58 Å².